The first kappa shape index (κ1) is 11.3. The number of carbonyl (C=O) groups excluding carboxylic acids is 3. The van der Waals surface area contributed by atoms with Crippen molar-refractivity contribution in [1.29, 1.82) is 0 Å². The summed E-state index contributed by atoms with van der Waals surface area (Å²) in [5.41, 5.74) is -3.87. The Hall–Kier alpha value is -1.57. The van der Waals surface area contributed by atoms with Gasteiger partial charge in [0.2, 0.25) is 0 Å². The van der Waals surface area contributed by atoms with E-state index >= 15 is 0 Å². The molecule has 0 unspecified atom stereocenters. The number of aliphatic hydroxyl groups is 3. The van der Waals surface area contributed by atoms with Crippen LogP contribution in [0.4, 0.5) is 0 Å². The molecule has 1 aliphatic rings. The number of Topliss-reactive ketones (excluding diaryl/α,β-unsaturated/α-hetero) is 3. The normalized spacial score (nSPS) is 32.9. The van der Waals surface area contributed by atoms with Crippen LogP contribution in [0.25, 0.3) is 0 Å². The van der Waals surface area contributed by atoms with Crippen LogP contribution >= 0.6 is 0 Å². The van der Waals surface area contributed by atoms with Crippen molar-refractivity contribution >= 4 is 17.3 Å². The van der Waals surface area contributed by atoms with Gasteiger partial charge < -0.3 is 20.1 Å². The summed E-state index contributed by atoms with van der Waals surface area (Å²) in [6.07, 6.45) is -3.68. The van der Waals surface area contributed by atoms with Crippen molar-refractivity contribution in [2.24, 2.45) is 0 Å². The summed E-state index contributed by atoms with van der Waals surface area (Å²) >= 11 is 0. The lowest BCUT2D eigenvalue weighted by molar-refractivity contribution is -0.169. The SMILES string of the molecule is [2H]CC(=O)C1=C(C(=O)C[2H])[C@](O)(C(=O)C[2H])[C@@H](O)[C@@H](CO)O1. The van der Waals surface area contributed by atoms with Crippen molar-refractivity contribution in [3.63, 3.8) is 0 Å². The summed E-state index contributed by atoms with van der Waals surface area (Å²) < 4.78 is 26.1. The molecule has 0 aromatic rings. The van der Waals surface area contributed by atoms with Gasteiger partial charge in [0, 0.05) is 11.0 Å². The Morgan fingerprint density at radius 2 is 1.95 bits per heavy atom. The average Bonchev–Trinajstić information content (AvgIpc) is 2.54. The zero-order chi connectivity index (χ0) is 17.1. The molecule has 0 saturated heterocycles. The van der Waals surface area contributed by atoms with Gasteiger partial charge in [-0.05, 0) is 13.8 Å². The molecule has 1 rings (SSSR count). The topological polar surface area (TPSA) is 121 Å². The lowest BCUT2D eigenvalue weighted by Gasteiger charge is -2.40. The molecule has 1 heterocycles. The third kappa shape index (κ3) is 2.32. The highest BCUT2D eigenvalue weighted by Gasteiger charge is 2.55. The van der Waals surface area contributed by atoms with Crippen molar-refractivity contribution in [3.05, 3.63) is 11.3 Å². The van der Waals surface area contributed by atoms with Crippen LogP contribution < -0.4 is 0 Å². The van der Waals surface area contributed by atoms with Crippen LogP contribution in [0, 0.1) is 0 Å². The number of aliphatic hydroxyl groups excluding tert-OH is 2. The molecule has 19 heavy (non-hydrogen) atoms. The van der Waals surface area contributed by atoms with E-state index in [1.54, 1.807) is 0 Å². The van der Waals surface area contributed by atoms with Gasteiger partial charge in [0.25, 0.3) is 0 Å². The molecule has 3 atom stereocenters. The first-order valence-electron chi connectivity index (χ1n) is 7.31. The van der Waals surface area contributed by atoms with Gasteiger partial charge in [-0.2, -0.15) is 0 Å². The molecule has 0 fully saturated rings. The van der Waals surface area contributed by atoms with Crippen LogP contribution in [0.3, 0.4) is 0 Å². The van der Waals surface area contributed by atoms with E-state index in [1.807, 2.05) is 0 Å². The molecule has 0 spiro atoms. The fourth-order valence-corrected chi connectivity index (χ4v) is 1.85. The van der Waals surface area contributed by atoms with Gasteiger partial charge in [-0.25, -0.2) is 0 Å². The van der Waals surface area contributed by atoms with Crippen molar-refractivity contribution in [2.75, 3.05) is 6.61 Å². The molecule has 0 amide bonds. The van der Waals surface area contributed by atoms with Crippen LogP contribution in [0.15, 0.2) is 11.3 Å². The smallest absolute Gasteiger partial charge is 0.194 e. The lowest BCUT2D eigenvalue weighted by Crippen LogP contribution is -2.61. The van der Waals surface area contributed by atoms with Crippen molar-refractivity contribution in [2.45, 2.75) is 38.5 Å². The highest BCUT2D eigenvalue weighted by Crippen LogP contribution is 2.35. The monoisotopic (exact) mass is 275 g/mol. The summed E-state index contributed by atoms with van der Waals surface area (Å²) in [6.45, 7) is -3.71. The minimum atomic E-state index is -2.94. The minimum Gasteiger partial charge on any atom is -0.481 e. The molecular formula is C12H16O7. The zero-order valence-corrected chi connectivity index (χ0v) is 9.96. The van der Waals surface area contributed by atoms with Crippen molar-refractivity contribution in [3.8, 4) is 0 Å². The van der Waals surface area contributed by atoms with Gasteiger partial charge in [-0.1, -0.05) is 0 Å². The summed E-state index contributed by atoms with van der Waals surface area (Å²) in [5, 5.41) is 29.7. The molecule has 7 nitrogen and oxygen atoms in total. The maximum Gasteiger partial charge on any atom is 0.194 e. The second-order valence-electron chi connectivity index (χ2n) is 4.02. The van der Waals surface area contributed by atoms with Crippen molar-refractivity contribution in [1.82, 2.24) is 0 Å². The average molecular weight is 275 g/mol. The van der Waals surface area contributed by atoms with E-state index in [1.165, 1.54) is 0 Å². The number of allylic oxidation sites excluding steroid dienone is 1. The van der Waals surface area contributed by atoms with Gasteiger partial charge in [-0.3, -0.25) is 14.4 Å². The van der Waals surface area contributed by atoms with Gasteiger partial charge in [0.05, 0.1) is 12.2 Å². The molecule has 0 bridgehead atoms. The van der Waals surface area contributed by atoms with Crippen LogP contribution in [0.1, 0.15) is 24.8 Å². The number of hydrogen-bond acceptors (Lipinski definition) is 7. The summed E-state index contributed by atoms with van der Waals surface area (Å²) in [5.74, 6) is -4.33. The first-order valence-corrected chi connectivity index (χ1v) is 5.19. The summed E-state index contributed by atoms with van der Waals surface area (Å²) in [6, 6.07) is 0. The third-order valence-electron chi connectivity index (χ3n) is 2.79. The molecule has 0 aliphatic carbocycles. The van der Waals surface area contributed by atoms with E-state index in [2.05, 4.69) is 0 Å². The Kier molecular flexibility index (Phi) is 3.08. The molecular weight excluding hydrogens is 256 g/mol. The lowest BCUT2D eigenvalue weighted by atomic mass is 9.77. The molecule has 0 aromatic heterocycles. The van der Waals surface area contributed by atoms with Gasteiger partial charge >= 0.3 is 0 Å². The van der Waals surface area contributed by atoms with Crippen LogP contribution in [-0.2, 0) is 19.1 Å². The van der Waals surface area contributed by atoms with Gasteiger partial charge in [-0.15, -0.1) is 0 Å². The maximum absolute atomic E-state index is 11.9. The Morgan fingerprint density at radius 1 is 1.32 bits per heavy atom. The second kappa shape index (κ2) is 5.20. The van der Waals surface area contributed by atoms with E-state index in [0.717, 1.165) is 0 Å². The number of ether oxygens (including phenoxy) is 1. The van der Waals surface area contributed by atoms with Gasteiger partial charge in [0.1, 0.15) is 6.10 Å². The number of ketones is 3. The third-order valence-corrected chi connectivity index (χ3v) is 2.79. The Balaban J connectivity index is 3.67. The van der Waals surface area contributed by atoms with Crippen LogP contribution in [0.5, 0.6) is 0 Å². The first-order chi connectivity index (χ1) is 10.3. The Morgan fingerprint density at radius 3 is 2.42 bits per heavy atom. The number of rotatable bonds is 4. The zero-order valence-electron chi connectivity index (χ0n) is 13.0. The quantitative estimate of drug-likeness (QED) is 0.570. The predicted molar refractivity (Wildman–Crippen MR) is 62.0 cm³/mol. The van der Waals surface area contributed by atoms with E-state index < -0.39 is 73.8 Å². The molecule has 3 N–H and O–H groups in total. The van der Waals surface area contributed by atoms with E-state index in [4.69, 9.17) is 14.0 Å². The summed E-state index contributed by atoms with van der Waals surface area (Å²) in [4.78, 5) is 35.5. The minimum absolute atomic E-state index is 0.832. The van der Waals surface area contributed by atoms with Crippen LogP contribution in [-0.4, -0.2) is 57.1 Å². The van der Waals surface area contributed by atoms with E-state index in [-0.39, 0.29) is 0 Å². The van der Waals surface area contributed by atoms with Crippen LogP contribution in [0.2, 0.25) is 0 Å². The number of carbonyl (C=O) groups is 3. The highest BCUT2D eigenvalue weighted by atomic mass is 16.5. The Bertz CT molecular complexity index is 519. The van der Waals surface area contributed by atoms with Gasteiger partial charge in [0.15, 0.2) is 34.8 Å². The second-order valence-corrected chi connectivity index (χ2v) is 4.02. The van der Waals surface area contributed by atoms with E-state index in [0.29, 0.717) is 0 Å². The Labute approximate surface area is 113 Å². The maximum atomic E-state index is 11.9. The number of hydrogen-bond donors (Lipinski definition) is 3. The fourth-order valence-electron chi connectivity index (χ4n) is 1.85. The predicted octanol–water partition coefficient (Wildman–Crippen LogP) is -1.51. The molecule has 7 heteroatoms. The molecule has 1 aliphatic heterocycles. The standard InChI is InChI=1S/C12H16O7/c1-5(14)9-10(6(2)15)19-8(4-13)11(17)12(9,18)7(3)16/h8,11,13,17-18H,4H2,1-3H3/t8-,11+,12-/m1/s1/i1D,2D,3D. The van der Waals surface area contributed by atoms with E-state index in [9.17, 15) is 24.6 Å². The molecule has 106 valence electrons. The molecule has 0 radical (unpaired) electrons. The highest BCUT2D eigenvalue weighted by molar-refractivity contribution is 6.10. The molecule has 0 saturated carbocycles. The fraction of sp³-hybridized carbons (Fsp3) is 0.583. The molecule has 0 aromatic carbocycles. The summed E-state index contributed by atoms with van der Waals surface area (Å²) in [7, 11) is 0. The largest absolute Gasteiger partial charge is 0.481 e. The van der Waals surface area contributed by atoms with Crippen molar-refractivity contribution < 1.29 is 38.6 Å².